The third-order valence-corrected chi connectivity index (χ3v) is 4.67. The predicted molar refractivity (Wildman–Crippen MR) is 114 cm³/mol. The molecule has 146 valence electrons. The standard InChI is InChI=1S/C21H24N4O2S/c1-4-10-27-17-7-5-6-15(11-17)13-22-25-20(26)16-8-9-18-19(12-16)24-21(23-18)28-14(2)3/h5-9,11-14H,4,10H2,1-3H3,(H,23,24)(H,25,26)/b22-13-. The van der Waals surface area contributed by atoms with E-state index < -0.39 is 0 Å². The molecule has 28 heavy (non-hydrogen) atoms. The van der Waals surface area contributed by atoms with Crippen LogP contribution in [-0.4, -0.2) is 33.9 Å². The number of H-pyrrole nitrogens is 1. The molecule has 0 bridgehead atoms. The Hall–Kier alpha value is -2.80. The van der Waals surface area contributed by atoms with Gasteiger partial charge in [-0.15, -0.1) is 0 Å². The van der Waals surface area contributed by atoms with E-state index in [1.54, 1.807) is 30.1 Å². The van der Waals surface area contributed by atoms with Crippen LogP contribution in [0, 0.1) is 0 Å². The van der Waals surface area contributed by atoms with E-state index in [-0.39, 0.29) is 5.91 Å². The van der Waals surface area contributed by atoms with E-state index in [0.717, 1.165) is 33.9 Å². The Kier molecular flexibility index (Phi) is 6.71. The molecule has 2 aromatic carbocycles. The average Bonchev–Trinajstić information content (AvgIpc) is 3.07. The van der Waals surface area contributed by atoms with E-state index in [4.69, 9.17) is 4.74 Å². The molecular formula is C21H24N4O2S. The van der Waals surface area contributed by atoms with Crippen molar-refractivity contribution < 1.29 is 9.53 Å². The highest BCUT2D eigenvalue weighted by Gasteiger charge is 2.09. The van der Waals surface area contributed by atoms with E-state index in [0.29, 0.717) is 17.4 Å². The first-order valence-corrected chi connectivity index (χ1v) is 10.2. The number of ether oxygens (including phenoxy) is 1. The number of amides is 1. The van der Waals surface area contributed by atoms with E-state index in [2.05, 4.69) is 41.3 Å². The van der Waals surface area contributed by atoms with Gasteiger partial charge < -0.3 is 9.72 Å². The smallest absolute Gasteiger partial charge is 0.271 e. The molecule has 0 fully saturated rings. The number of nitrogens with zero attached hydrogens (tertiary/aromatic N) is 2. The summed E-state index contributed by atoms with van der Waals surface area (Å²) < 4.78 is 5.60. The first-order chi connectivity index (χ1) is 13.5. The van der Waals surface area contributed by atoms with Gasteiger partial charge in [-0.05, 0) is 42.3 Å². The number of nitrogens with one attached hydrogen (secondary N) is 2. The van der Waals surface area contributed by atoms with Gasteiger partial charge in [0.1, 0.15) is 5.75 Å². The van der Waals surface area contributed by atoms with Gasteiger partial charge in [-0.2, -0.15) is 5.10 Å². The van der Waals surface area contributed by atoms with Crippen LogP contribution in [0.1, 0.15) is 43.1 Å². The van der Waals surface area contributed by atoms with Crippen molar-refractivity contribution >= 4 is 34.9 Å². The molecule has 2 N–H and O–H groups in total. The molecule has 0 aliphatic rings. The monoisotopic (exact) mass is 396 g/mol. The van der Waals surface area contributed by atoms with Gasteiger partial charge >= 0.3 is 0 Å². The highest BCUT2D eigenvalue weighted by molar-refractivity contribution is 7.99. The second-order valence-corrected chi connectivity index (χ2v) is 8.13. The van der Waals surface area contributed by atoms with Crippen LogP contribution in [0.2, 0.25) is 0 Å². The Morgan fingerprint density at radius 1 is 1.32 bits per heavy atom. The number of fused-ring (bicyclic) bond motifs is 1. The van der Waals surface area contributed by atoms with E-state index >= 15 is 0 Å². The van der Waals surface area contributed by atoms with Gasteiger partial charge in [0.2, 0.25) is 0 Å². The van der Waals surface area contributed by atoms with Gasteiger partial charge in [0.05, 0.1) is 23.9 Å². The van der Waals surface area contributed by atoms with Crippen molar-refractivity contribution in [1.29, 1.82) is 0 Å². The second kappa shape index (κ2) is 9.41. The fourth-order valence-corrected chi connectivity index (χ4v) is 3.31. The maximum absolute atomic E-state index is 12.4. The summed E-state index contributed by atoms with van der Waals surface area (Å²) in [6, 6.07) is 13.0. The van der Waals surface area contributed by atoms with Crippen LogP contribution in [-0.2, 0) is 0 Å². The summed E-state index contributed by atoms with van der Waals surface area (Å²) in [7, 11) is 0. The van der Waals surface area contributed by atoms with E-state index in [1.807, 2.05) is 30.3 Å². The van der Waals surface area contributed by atoms with Crippen LogP contribution in [0.15, 0.2) is 52.7 Å². The molecule has 0 saturated heterocycles. The van der Waals surface area contributed by atoms with Crippen molar-refractivity contribution in [2.75, 3.05) is 6.61 Å². The molecule has 0 saturated carbocycles. The third kappa shape index (κ3) is 5.36. The van der Waals surface area contributed by atoms with Crippen LogP contribution in [0.25, 0.3) is 11.0 Å². The van der Waals surface area contributed by atoms with Gasteiger partial charge in [-0.25, -0.2) is 10.4 Å². The molecule has 7 heteroatoms. The van der Waals surface area contributed by atoms with Crippen molar-refractivity contribution in [2.24, 2.45) is 5.10 Å². The Morgan fingerprint density at radius 2 is 2.18 bits per heavy atom. The summed E-state index contributed by atoms with van der Waals surface area (Å²) in [6.07, 6.45) is 2.55. The number of imidazole rings is 1. The zero-order valence-corrected chi connectivity index (χ0v) is 17.0. The lowest BCUT2D eigenvalue weighted by Crippen LogP contribution is -2.17. The molecule has 3 rings (SSSR count). The summed E-state index contributed by atoms with van der Waals surface area (Å²) in [6.45, 7) is 6.96. The van der Waals surface area contributed by atoms with Crippen molar-refractivity contribution in [3.8, 4) is 5.75 Å². The quantitative estimate of drug-likeness (QED) is 0.331. The number of hydrazone groups is 1. The lowest BCUT2D eigenvalue weighted by Gasteiger charge is -2.04. The highest BCUT2D eigenvalue weighted by Crippen LogP contribution is 2.23. The number of thioether (sulfide) groups is 1. The maximum Gasteiger partial charge on any atom is 0.271 e. The number of aromatic amines is 1. The van der Waals surface area contributed by atoms with Gasteiger partial charge in [-0.1, -0.05) is 44.7 Å². The molecule has 6 nitrogen and oxygen atoms in total. The molecule has 3 aromatic rings. The third-order valence-electron chi connectivity index (χ3n) is 3.78. The van der Waals surface area contributed by atoms with Crippen LogP contribution < -0.4 is 10.2 Å². The van der Waals surface area contributed by atoms with E-state index in [1.165, 1.54) is 0 Å². The number of aromatic nitrogens is 2. The molecule has 0 unspecified atom stereocenters. The van der Waals surface area contributed by atoms with Crippen LogP contribution in [0.5, 0.6) is 5.75 Å². The summed E-state index contributed by atoms with van der Waals surface area (Å²) in [5.74, 6) is 0.515. The van der Waals surface area contributed by atoms with Gasteiger partial charge in [-0.3, -0.25) is 4.79 Å². The molecule has 0 radical (unpaired) electrons. The normalized spacial score (nSPS) is 11.4. The maximum atomic E-state index is 12.4. The first-order valence-electron chi connectivity index (χ1n) is 9.28. The minimum atomic E-state index is -0.274. The van der Waals surface area contributed by atoms with Gasteiger partial charge in [0.15, 0.2) is 5.16 Å². The summed E-state index contributed by atoms with van der Waals surface area (Å²) in [5.41, 5.74) is 5.62. The number of hydrogen-bond donors (Lipinski definition) is 2. The SMILES string of the molecule is CCCOc1cccc(/C=N\NC(=O)c2ccc3nc(SC(C)C)[nH]c3c2)c1. The number of hydrogen-bond acceptors (Lipinski definition) is 5. The molecule has 1 heterocycles. The molecule has 0 aliphatic carbocycles. The number of carbonyl (C=O) groups is 1. The Labute approximate surface area is 168 Å². The zero-order chi connectivity index (χ0) is 19.9. The molecular weight excluding hydrogens is 372 g/mol. The zero-order valence-electron chi connectivity index (χ0n) is 16.2. The molecule has 1 amide bonds. The minimum Gasteiger partial charge on any atom is -0.494 e. The molecule has 0 atom stereocenters. The van der Waals surface area contributed by atoms with Crippen LogP contribution >= 0.6 is 11.8 Å². The van der Waals surface area contributed by atoms with Crippen molar-refractivity contribution in [2.45, 2.75) is 37.6 Å². The number of rotatable bonds is 8. The average molecular weight is 397 g/mol. The molecule has 0 aliphatic heterocycles. The van der Waals surface area contributed by atoms with Gasteiger partial charge in [0.25, 0.3) is 5.91 Å². The summed E-state index contributed by atoms with van der Waals surface area (Å²) >= 11 is 1.65. The predicted octanol–water partition coefficient (Wildman–Crippen LogP) is 4.62. The largest absolute Gasteiger partial charge is 0.494 e. The summed E-state index contributed by atoms with van der Waals surface area (Å²) in [5, 5.41) is 5.34. The minimum absolute atomic E-state index is 0.274. The van der Waals surface area contributed by atoms with Crippen LogP contribution in [0.4, 0.5) is 0 Å². The number of benzene rings is 2. The topological polar surface area (TPSA) is 79.4 Å². The second-order valence-electron chi connectivity index (χ2n) is 6.56. The lowest BCUT2D eigenvalue weighted by atomic mass is 10.2. The Morgan fingerprint density at radius 3 is 2.96 bits per heavy atom. The van der Waals surface area contributed by atoms with Crippen LogP contribution in [0.3, 0.4) is 0 Å². The fourth-order valence-electron chi connectivity index (χ4n) is 2.54. The highest BCUT2D eigenvalue weighted by atomic mass is 32.2. The lowest BCUT2D eigenvalue weighted by molar-refractivity contribution is 0.0955. The number of carbonyl (C=O) groups excluding carboxylic acids is 1. The van der Waals surface area contributed by atoms with Crippen molar-refractivity contribution in [3.63, 3.8) is 0 Å². The summed E-state index contributed by atoms with van der Waals surface area (Å²) in [4.78, 5) is 20.1. The molecule has 0 spiro atoms. The van der Waals surface area contributed by atoms with Crippen molar-refractivity contribution in [1.82, 2.24) is 15.4 Å². The Bertz CT molecular complexity index is 981. The molecule has 1 aromatic heterocycles. The van der Waals surface area contributed by atoms with Gasteiger partial charge in [0, 0.05) is 10.8 Å². The van der Waals surface area contributed by atoms with Crippen molar-refractivity contribution in [3.05, 3.63) is 53.6 Å². The van der Waals surface area contributed by atoms with E-state index in [9.17, 15) is 4.79 Å². The first kappa shape index (κ1) is 19.9. The fraction of sp³-hybridized carbons (Fsp3) is 0.286. The Balaban J connectivity index is 1.65.